The van der Waals surface area contributed by atoms with Crippen molar-refractivity contribution in [1.82, 2.24) is 9.97 Å². The first kappa shape index (κ1) is 15.4. The van der Waals surface area contributed by atoms with Crippen LogP contribution in [0.4, 0.5) is 0 Å². The van der Waals surface area contributed by atoms with Gasteiger partial charge < -0.3 is 4.98 Å². The molecule has 0 aliphatic carbocycles. The van der Waals surface area contributed by atoms with Crippen molar-refractivity contribution in [1.29, 1.82) is 0 Å². The fourth-order valence-electron chi connectivity index (χ4n) is 1.26. The van der Waals surface area contributed by atoms with Gasteiger partial charge in [-0.25, -0.2) is 9.17 Å². The van der Waals surface area contributed by atoms with Crippen LogP contribution in [0.25, 0.3) is 11.4 Å². The predicted octanol–water partition coefficient (Wildman–Crippen LogP) is 2.29. The summed E-state index contributed by atoms with van der Waals surface area (Å²) >= 11 is 0. The molecule has 0 unspecified atom stereocenters. The quantitative estimate of drug-likeness (QED) is 0.844. The third-order valence-electron chi connectivity index (χ3n) is 1.86. The van der Waals surface area contributed by atoms with Gasteiger partial charge in [-0.2, -0.15) is 8.42 Å². The molecule has 0 saturated heterocycles. The molecular formula is C12H16N2O4S. The van der Waals surface area contributed by atoms with Crippen LogP contribution < -0.4 is 0 Å². The predicted molar refractivity (Wildman–Crippen MR) is 71.8 cm³/mol. The zero-order valence-electron chi connectivity index (χ0n) is 10.6. The zero-order valence-corrected chi connectivity index (χ0v) is 11.5. The van der Waals surface area contributed by atoms with Crippen LogP contribution >= 0.6 is 0 Å². The van der Waals surface area contributed by atoms with Crippen molar-refractivity contribution in [2.24, 2.45) is 0 Å². The second-order valence-corrected chi connectivity index (χ2v) is 4.92. The number of imidazole rings is 1. The van der Waals surface area contributed by atoms with Gasteiger partial charge in [-0.1, -0.05) is 30.3 Å². The minimum Gasteiger partial charge on any atom is -0.345 e. The van der Waals surface area contributed by atoms with Crippen molar-refractivity contribution >= 4 is 10.4 Å². The topological polar surface area (TPSA) is 92.3 Å². The first-order valence-electron chi connectivity index (χ1n) is 5.59. The number of aromatic nitrogens is 2. The third kappa shape index (κ3) is 6.70. The molecule has 0 amide bonds. The number of nitrogens with one attached hydrogen (secondary N) is 1. The lowest BCUT2D eigenvalue weighted by atomic mass is 10.2. The summed E-state index contributed by atoms with van der Waals surface area (Å²) in [7, 11) is -4.22. The van der Waals surface area contributed by atoms with Gasteiger partial charge in [0.05, 0.1) is 6.10 Å². The molecule has 1 aromatic heterocycles. The summed E-state index contributed by atoms with van der Waals surface area (Å²) in [6.45, 7) is 3.02. The lowest BCUT2D eigenvalue weighted by molar-refractivity contribution is 0.213. The number of hydrogen-bond donors (Lipinski definition) is 2. The Balaban J connectivity index is 0.000000203. The van der Waals surface area contributed by atoms with Crippen LogP contribution in [0.1, 0.15) is 13.8 Å². The van der Waals surface area contributed by atoms with Gasteiger partial charge in [0, 0.05) is 18.0 Å². The fourth-order valence-corrected chi connectivity index (χ4v) is 1.75. The Morgan fingerprint density at radius 3 is 2.26 bits per heavy atom. The smallest absolute Gasteiger partial charge is 0.345 e. The summed E-state index contributed by atoms with van der Waals surface area (Å²) in [5.74, 6) is 0.922. The summed E-state index contributed by atoms with van der Waals surface area (Å²) in [6.07, 6.45) is 3.08. The molecule has 7 heteroatoms. The maximum absolute atomic E-state index is 9.78. The van der Waals surface area contributed by atoms with E-state index in [2.05, 4.69) is 14.2 Å². The Kier molecular flexibility index (Phi) is 5.68. The minimum absolute atomic E-state index is 0.495. The van der Waals surface area contributed by atoms with E-state index in [4.69, 9.17) is 4.55 Å². The molecule has 1 aromatic carbocycles. The molecule has 0 radical (unpaired) electrons. The maximum atomic E-state index is 9.78. The Bertz CT molecular complexity index is 565. The van der Waals surface area contributed by atoms with Crippen molar-refractivity contribution in [3.05, 3.63) is 42.7 Å². The van der Waals surface area contributed by atoms with Crippen LogP contribution in [0.15, 0.2) is 42.7 Å². The highest BCUT2D eigenvalue weighted by molar-refractivity contribution is 7.80. The number of aromatic amines is 1. The van der Waals surface area contributed by atoms with E-state index < -0.39 is 16.5 Å². The molecule has 0 fully saturated rings. The van der Waals surface area contributed by atoms with Gasteiger partial charge in [0.1, 0.15) is 5.82 Å². The Hall–Kier alpha value is -1.70. The average Bonchev–Trinajstić information content (AvgIpc) is 2.81. The van der Waals surface area contributed by atoms with Crippen molar-refractivity contribution in [2.75, 3.05) is 0 Å². The van der Waals surface area contributed by atoms with Crippen molar-refractivity contribution in [3.63, 3.8) is 0 Å². The molecular weight excluding hydrogens is 268 g/mol. The van der Waals surface area contributed by atoms with E-state index in [1.165, 1.54) is 13.8 Å². The Morgan fingerprint density at radius 2 is 1.89 bits per heavy atom. The van der Waals surface area contributed by atoms with Crippen LogP contribution in [-0.2, 0) is 14.6 Å². The van der Waals surface area contributed by atoms with E-state index in [-0.39, 0.29) is 0 Å². The van der Waals surface area contributed by atoms with Gasteiger partial charge in [0.15, 0.2) is 0 Å². The van der Waals surface area contributed by atoms with E-state index in [1.54, 1.807) is 6.20 Å². The van der Waals surface area contributed by atoms with Crippen LogP contribution in [0.5, 0.6) is 0 Å². The molecule has 0 spiro atoms. The molecule has 2 rings (SSSR count). The normalized spacial score (nSPS) is 10.9. The largest absolute Gasteiger partial charge is 0.397 e. The molecule has 2 aromatic rings. The Morgan fingerprint density at radius 1 is 1.26 bits per heavy atom. The summed E-state index contributed by atoms with van der Waals surface area (Å²) < 4.78 is 31.5. The average molecular weight is 284 g/mol. The highest BCUT2D eigenvalue weighted by Crippen LogP contribution is 2.11. The molecule has 19 heavy (non-hydrogen) atoms. The van der Waals surface area contributed by atoms with Gasteiger partial charge in [-0.3, -0.25) is 4.55 Å². The molecule has 0 aliphatic heterocycles. The standard InChI is InChI=1S/C9H8N2.C3H8O4S/c1-2-4-8(5-3-1)9-10-6-7-11-9;1-3(2)7-8(4,5)6/h1-7H,(H,10,11);3H,1-2H3,(H,4,5,6). The molecule has 104 valence electrons. The van der Waals surface area contributed by atoms with E-state index in [0.717, 1.165) is 11.4 Å². The first-order valence-corrected chi connectivity index (χ1v) is 6.95. The van der Waals surface area contributed by atoms with E-state index in [0.29, 0.717) is 0 Å². The molecule has 2 N–H and O–H groups in total. The van der Waals surface area contributed by atoms with Gasteiger partial charge >= 0.3 is 10.4 Å². The van der Waals surface area contributed by atoms with Crippen molar-refractivity contribution in [2.45, 2.75) is 20.0 Å². The molecule has 6 nitrogen and oxygen atoms in total. The highest BCUT2D eigenvalue weighted by atomic mass is 32.3. The van der Waals surface area contributed by atoms with Gasteiger partial charge in [0.25, 0.3) is 0 Å². The summed E-state index contributed by atoms with van der Waals surface area (Å²) in [6, 6.07) is 10.0. The lowest BCUT2D eigenvalue weighted by Gasteiger charge is -1.99. The van der Waals surface area contributed by atoms with Crippen molar-refractivity contribution in [3.8, 4) is 11.4 Å². The maximum Gasteiger partial charge on any atom is 0.397 e. The van der Waals surface area contributed by atoms with Crippen LogP contribution in [0.2, 0.25) is 0 Å². The van der Waals surface area contributed by atoms with Crippen LogP contribution in [-0.4, -0.2) is 29.0 Å². The summed E-state index contributed by atoms with van der Waals surface area (Å²) in [4.78, 5) is 7.17. The summed E-state index contributed by atoms with van der Waals surface area (Å²) in [5.41, 5.74) is 1.12. The van der Waals surface area contributed by atoms with Crippen molar-refractivity contribution < 1.29 is 17.2 Å². The summed E-state index contributed by atoms with van der Waals surface area (Å²) in [5, 5.41) is 0. The number of nitrogens with zero attached hydrogens (tertiary/aromatic N) is 1. The molecule has 0 bridgehead atoms. The van der Waals surface area contributed by atoms with E-state index in [1.807, 2.05) is 36.5 Å². The fraction of sp³-hybridized carbons (Fsp3) is 0.250. The number of benzene rings is 1. The van der Waals surface area contributed by atoms with Crippen LogP contribution in [0.3, 0.4) is 0 Å². The highest BCUT2D eigenvalue weighted by Gasteiger charge is 2.05. The van der Waals surface area contributed by atoms with Gasteiger partial charge in [-0.05, 0) is 13.8 Å². The molecule has 1 heterocycles. The van der Waals surface area contributed by atoms with E-state index in [9.17, 15) is 8.42 Å². The number of hydrogen-bond acceptors (Lipinski definition) is 4. The van der Waals surface area contributed by atoms with E-state index >= 15 is 0 Å². The number of rotatable bonds is 3. The zero-order chi connectivity index (χ0) is 14.3. The molecule has 0 aliphatic rings. The second kappa shape index (κ2) is 7.03. The molecule has 0 saturated carbocycles. The monoisotopic (exact) mass is 284 g/mol. The Labute approximate surface area is 112 Å². The molecule has 0 atom stereocenters. The number of H-pyrrole nitrogens is 1. The minimum atomic E-state index is -4.22. The SMILES string of the molecule is CC(C)OS(=O)(=O)O.c1ccc(-c2ncc[nH]2)cc1. The second-order valence-electron chi connectivity index (χ2n) is 3.88. The first-order chi connectivity index (χ1) is 8.88. The lowest BCUT2D eigenvalue weighted by Crippen LogP contribution is -2.10. The van der Waals surface area contributed by atoms with Crippen LogP contribution in [0, 0.1) is 0 Å². The van der Waals surface area contributed by atoms with Gasteiger partial charge in [0.2, 0.25) is 0 Å². The third-order valence-corrected chi connectivity index (χ3v) is 2.49. The van der Waals surface area contributed by atoms with Gasteiger partial charge in [-0.15, -0.1) is 0 Å².